The van der Waals surface area contributed by atoms with Crippen LogP contribution < -0.4 is 5.73 Å². The average Bonchev–Trinajstić information content (AvgIpc) is 2.05. The van der Waals surface area contributed by atoms with E-state index in [1.807, 2.05) is 0 Å². The highest BCUT2D eigenvalue weighted by molar-refractivity contribution is 7.81. The first-order valence-electron chi connectivity index (χ1n) is 3.15. The van der Waals surface area contributed by atoms with Crippen LogP contribution in [0.4, 0.5) is 5.69 Å². The minimum atomic E-state index is -0.462. The number of hydrogen-bond donors (Lipinski definition) is 2. The molecule has 57 valence electrons. The van der Waals surface area contributed by atoms with Crippen molar-refractivity contribution in [1.29, 1.82) is 0 Å². The topological polar surface area (TPSA) is 43.1 Å². The van der Waals surface area contributed by atoms with Crippen molar-refractivity contribution in [3.63, 3.8) is 0 Å². The number of hydrogen-bond acceptors (Lipinski definition) is 3. The van der Waals surface area contributed by atoms with Crippen molar-refractivity contribution in [2.75, 3.05) is 5.73 Å². The molecule has 0 aliphatic rings. The molecule has 3 heteroatoms. The van der Waals surface area contributed by atoms with Crippen molar-refractivity contribution >= 4 is 24.6 Å². The van der Waals surface area contributed by atoms with Gasteiger partial charge in [0.2, 0.25) is 6.29 Å². The Bertz CT molecular complexity index is 245. The summed E-state index contributed by atoms with van der Waals surface area (Å²) in [6.07, 6.45) is 1.77. The molecule has 0 amide bonds. The van der Waals surface area contributed by atoms with Gasteiger partial charge in [-0.05, 0) is 17.7 Å². The summed E-state index contributed by atoms with van der Waals surface area (Å²) in [6, 6.07) is 6.99. The fourth-order valence-electron chi connectivity index (χ4n) is 0.746. The Morgan fingerprint density at radius 3 is 2.36 bits per heavy atom. The molecule has 0 aromatic heterocycles. The lowest BCUT2D eigenvalue weighted by atomic mass is 10.1. The van der Waals surface area contributed by atoms with E-state index in [9.17, 15) is 4.79 Å². The third kappa shape index (κ3) is 1.98. The molecule has 1 rings (SSSR count). The maximum atomic E-state index is 10.2. The minimum absolute atomic E-state index is 0.462. The molecule has 0 spiro atoms. The van der Waals surface area contributed by atoms with Gasteiger partial charge in [0, 0.05) is 5.69 Å². The molecule has 2 nitrogen and oxygen atoms in total. The van der Waals surface area contributed by atoms with Crippen molar-refractivity contribution in [3.05, 3.63) is 29.8 Å². The van der Waals surface area contributed by atoms with Gasteiger partial charge in [0.15, 0.2) is 0 Å². The predicted octanol–water partition coefficient (Wildman–Crippen LogP) is 1.35. The van der Waals surface area contributed by atoms with Gasteiger partial charge in [-0.25, -0.2) is 0 Å². The lowest BCUT2D eigenvalue weighted by Gasteiger charge is -2.01. The normalized spacial score (nSPS) is 12.5. The van der Waals surface area contributed by atoms with Gasteiger partial charge >= 0.3 is 0 Å². The van der Waals surface area contributed by atoms with Gasteiger partial charge in [-0.15, -0.1) is 0 Å². The summed E-state index contributed by atoms with van der Waals surface area (Å²) in [5, 5.41) is -0.462. The fourth-order valence-corrected chi connectivity index (χ4v) is 0.918. The Morgan fingerprint density at radius 2 is 1.91 bits per heavy atom. The van der Waals surface area contributed by atoms with E-state index in [2.05, 4.69) is 12.6 Å². The van der Waals surface area contributed by atoms with Gasteiger partial charge in [0.05, 0.1) is 5.25 Å². The van der Waals surface area contributed by atoms with Crippen molar-refractivity contribution in [2.24, 2.45) is 0 Å². The Kier molecular flexibility index (Phi) is 2.54. The predicted molar refractivity (Wildman–Crippen MR) is 48.3 cm³/mol. The smallest absolute Gasteiger partial charge is 0.216 e. The fraction of sp³-hybridized carbons (Fsp3) is 0.125. The van der Waals surface area contributed by atoms with Crippen LogP contribution in [-0.4, -0.2) is 6.29 Å². The third-order valence-electron chi connectivity index (χ3n) is 1.36. The van der Waals surface area contributed by atoms with E-state index in [1.165, 1.54) is 0 Å². The Balaban J connectivity index is 2.89. The highest BCUT2D eigenvalue weighted by atomic mass is 32.1. The molecular weight excluding hydrogens is 158 g/mol. The van der Waals surface area contributed by atoms with Gasteiger partial charge in [0.1, 0.15) is 0 Å². The first kappa shape index (κ1) is 8.14. The van der Waals surface area contributed by atoms with E-state index in [4.69, 9.17) is 5.73 Å². The molecule has 1 unspecified atom stereocenters. The standard InChI is InChI=1S/C8H8NOS/c9-7-3-1-6(2-4-7)8(11)5-10/h1-4,8,11H,9H2. The minimum Gasteiger partial charge on any atom is -0.399 e. The molecule has 0 aliphatic carbocycles. The summed E-state index contributed by atoms with van der Waals surface area (Å²) >= 11 is 3.99. The van der Waals surface area contributed by atoms with E-state index >= 15 is 0 Å². The molecule has 2 N–H and O–H groups in total. The molecular formula is C8H8NOS. The Hall–Kier alpha value is -0.960. The number of nitrogens with two attached hydrogens (primary N) is 1. The van der Waals surface area contributed by atoms with Crippen LogP contribution >= 0.6 is 12.6 Å². The second-order valence-electron chi connectivity index (χ2n) is 2.19. The van der Waals surface area contributed by atoms with Crippen molar-refractivity contribution in [2.45, 2.75) is 5.25 Å². The van der Waals surface area contributed by atoms with Crippen LogP contribution in [0.2, 0.25) is 0 Å². The SMILES string of the molecule is Nc1ccc(C(S)[C]=O)cc1. The van der Waals surface area contributed by atoms with Crippen LogP contribution in [0, 0.1) is 0 Å². The average molecular weight is 166 g/mol. The van der Waals surface area contributed by atoms with Gasteiger partial charge in [-0.3, -0.25) is 4.79 Å². The quantitative estimate of drug-likeness (QED) is 0.514. The summed E-state index contributed by atoms with van der Waals surface area (Å²) < 4.78 is 0. The van der Waals surface area contributed by atoms with Gasteiger partial charge in [-0.1, -0.05) is 12.1 Å². The Labute approximate surface area is 70.8 Å². The lowest BCUT2D eigenvalue weighted by Crippen LogP contribution is -1.91. The molecule has 1 aromatic carbocycles. The Morgan fingerprint density at radius 1 is 1.36 bits per heavy atom. The highest BCUT2D eigenvalue weighted by Crippen LogP contribution is 2.17. The van der Waals surface area contributed by atoms with Gasteiger partial charge in [-0.2, -0.15) is 12.6 Å². The molecule has 0 saturated carbocycles. The van der Waals surface area contributed by atoms with Crippen molar-refractivity contribution < 1.29 is 4.79 Å². The second-order valence-corrected chi connectivity index (χ2v) is 2.70. The number of carbonyl (C=O) groups excluding carboxylic acids is 1. The van der Waals surface area contributed by atoms with Crippen LogP contribution in [0.15, 0.2) is 24.3 Å². The second kappa shape index (κ2) is 3.44. The molecule has 0 fully saturated rings. The highest BCUT2D eigenvalue weighted by Gasteiger charge is 2.03. The summed E-state index contributed by atoms with van der Waals surface area (Å²) in [5.41, 5.74) is 6.94. The first-order chi connectivity index (χ1) is 5.24. The molecule has 11 heavy (non-hydrogen) atoms. The summed E-state index contributed by atoms with van der Waals surface area (Å²) in [5.74, 6) is 0. The van der Waals surface area contributed by atoms with Crippen molar-refractivity contribution in [1.82, 2.24) is 0 Å². The molecule has 0 aliphatic heterocycles. The van der Waals surface area contributed by atoms with Crippen LogP contribution in [0.1, 0.15) is 10.8 Å². The molecule has 1 radical (unpaired) electrons. The monoisotopic (exact) mass is 166 g/mol. The summed E-state index contributed by atoms with van der Waals surface area (Å²) in [7, 11) is 0. The largest absolute Gasteiger partial charge is 0.399 e. The van der Waals surface area contributed by atoms with Gasteiger partial charge in [0.25, 0.3) is 0 Å². The zero-order valence-electron chi connectivity index (χ0n) is 5.82. The van der Waals surface area contributed by atoms with Crippen LogP contribution in [0.25, 0.3) is 0 Å². The van der Waals surface area contributed by atoms with E-state index in [1.54, 1.807) is 30.6 Å². The van der Waals surface area contributed by atoms with Crippen LogP contribution in [-0.2, 0) is 4.79 Å². The molecule has 1 aromatic rings. The van der Waals surface area contributed by atoms with Gasteiger partial charge < -0.3 is 5.73 Å². The van der Waals surface area contributed by atoms with E-state index in [-0.39, 0.29) is 0 Å². The van der Waals surface area contributed by atoms with E-state index < -0.39 is 5.25 Å². The van der Waals surface area contributed by atoms with E-state index in [0.29, 0.717) is 5.69 Å². The summed E-state index contributed by atoms with van der Waals surface area (Å²) in [4.78, 5) is 10.2. The number of rotatable bonds is 2. The first-order valence-corrected chi connectivity index (χ1v) is 3.67. The number of nitrogen functional groups attached to an aromatic ring is 1. The zero-order valence-corrected chi connectivity index (χ0v) is 6.71. The third-order valence-corrected chi connectivity index (χ3v) is 1.77. The van der Waals surface area contributed by atoms with E-state index in [0.717, 1.165) is 5.56 Å². The molecule has 0 heterocycles. The number of benzene rings is 1. The lowest BCUT2D eigenvalue weighted by molar-refractivity contribution is 0.554. The number of thiol groups is 1. The zero-order chi connectivity index (χ0) is 8.27. The van der Waals surface area contributed by atoms with Crippen molar-refractivity contribution in [3.8, 4) is 0 Å². The van der Waals surface area contributed by atoms with Crippen LogP contribution in [0.3, 0.4) is 0 Å². The number of anilines is 1. The molecule has 0 saturated heterocycles. The summed E-state index contributed by atoms with van der Waals surface area (Å²) in [6.45, 7) is 0. The maximum absolute atomic E-state index is 10.2. The molecule has 1 atom stereocenters. The molecule has 0 bridgehead atoms. The van der Waals surface area contributed by atoms with Crippen LogP contribution in [0.5, 0.6) is 0 Å². The maximum Gasteiger partial charge on any atom is 0.216 e.